The van der Waals surface area contributed by atoms with Crippen LogP contribution >= 0.6 is 0 Å². The van der Waals surface area contributed by atoms with E-state index in [0.29, 0.717) is 32.0 Å². The highest BCUT2D eigenvalue weighted by Crippen LogP contribution is 2.38. The van der Waals surface area contributed by atoms with Crippen molar-refractivity contribution < 1.29 is 22.7 Å². The quantitative estimate of drug-likeness (QED) is 0.923. The molecule has 0 atom stereocenters. The van der Waals surface area contributed by atoms with E-state index in [-0.39, 0.29) is 16.8 Å². The number of carbonyl (C=O) groups excluding carboxylic acids is 1. The molecule has 0 radical (unpaired) electrons. The number of morpholine rings is 1. The van der Waals surface area contributed by atoms with Crippen molar-refractivity contribution in [2.24, 2.45) is 5.73 Å². The summed E-state index contributed by atoms with van der Waals surface area (Å²) in [6.07, 6.45) is -3.11. The van der Waals surface area contributed by atoms with Crippen LogP contribution in [0.1, 0.15) is 16.1 Å². The summed E-state index contributed by atoms with van der Waals surface area (Å²) in [5.74, 6) is -0.791. The molecule has 1 amide bonds. The zero-order valence-corrected chi connectivity index (χ0v) is 13.2. The summed E-state index contributed by atoms with van der Waals surface area (Å²) in [7, 11) is 0. The number of amides is 1. The van der Waals surface area contributed by atoms with Crippen molar-refractivity contribution in [1.82, 2.24) is 4.98 Å². The van der Waals surface area contributed by atoms with Crippen LogP contribution in [0.4, 0.5) is 18.9 Å². The zero-order valence-electron chi connectivity index (χ0n) is 13.2. The molecule has 1 aliphatic rings. The topological polar surface area (TPSA) is 68.5 Å². The van der Waals surface area contributed by atoms with Gasteiger partial charge in [-0.1, -0.05) is 6.07 Å². The Morgan fingerprint density at radius 3 is 2.52 bits per heavy atom. The monoisotopic (exact) mass is 351 g/mol. The number of nitrogens with zero attached hydrogens (tertiary/aromatic N) is 2. The molecule has 25 heavy (non-hydrogen) atoms. The molecule has 1 aromatic heterocycles. The van der Waals surface area contributed by atoms with Gasteiger partial charge < -0.3 is 15.4 Å². The lowest BCUT2D eigenvalue weighted by Crippen LogP contribution is -2.36. The first-order chi connectivity index (χ1) is 11.9. The second kappa shape index (κ2) is 6.72. The lowest BCUT2D eigenvalue weighted by molar-refractivity contribution is -0.137. The fraction of sp³-hybridized carbons (Fsp3) is 0.294. The van der Waals surface area contributed by atoms with E-state index in [9.17, 15) is 18.0 Å². The minimum Gasteiger partial charge on any atom is -0.378 e. The standard InChI is InChI=1S/C17H16F3N3O2/c18-17(19,20)11-3-4-14(23-6-8-25-9-7-23)13(10-11)12-2-1-5-22-15(12)16(21)24/h1-5,10H,6-9H2,(H2,21,24). The van der Waals surface area contributed by atoms with Crippen molar-refractivity contribution in [3.8, 4) is 11.1 Å². The summed E-state index contributed by atoms with van der Waals surface area (Å²) in [5, 5.41) is 0. The smallest absolute Gasteiger partial charge is 0.378 e. The van der Waals surface area contributed by atoms with E-state index in [4.69, 9.17) is 10.5 Å². The molecule has 3 rings (SSSR count). The number of aromatic nitrogens is 1. The van der Waals surface area contributed by atoms with E-state index in [2.05, 4.69) is 4.98 Å². The van der Waals surface area contributed by atoms with E-state index in [1.165, 1.54) is 12.3 Å². The Morgan fingerprint density at radius 2 is 1.88 bits per heavy atom. The third kappa shape index (κ3) is 3.58. The molecule has 0 bridgehead atoms. The minimum atomic E-state index is -4.49. The van der Waals surface area contributed by atoms with Crippen LogP contribution in [0, 0.1) is 0 Å². The van der Waals surface area contributed by atoms with E-state index in [0.717, 1.165) is 12.1 Å². The van der Waals surface area contributed by atoms with E-state index in [1.54, 1.807) is 12.1 Å². The van der Waals surface area contributed by atoms with Crippen LogP contribution in [0.25, 0.3) is 11.1 Å². The summed E-state index contributed by atoms with van der Waals surface area (Å²) < 4.78 is 44.8. The molecule has 1 fully saturated rings. The Hall–Kier alpha value is -2.61. The van der Waals surface area contributed by atoms with Gasteiger partial charge in [-0.05, 0) is 24.3 Å². The number of alkyl halides is 3. The number of pyridine rings is 1. The molecule has 8 heteroatoms. The molecule has 0 saturated carbocycles. The van der Waals surface area contributed by atoms with Crippen molar-refractivity contribution in [1.29, 1.82) is 0 Å². The molecule has 1 saturated heterocycles. The second-order valence-electron chi connectivity index (χ2n) is 5.59. The van der Waals surface area contributed by atoms with E-state index in [1.807, 2.05) is 4.90 Å². The SMILES string of the molecule is NC(=O)c1ncccc1-c1cc(C(F)(F)F)ccc1N1CCOCC1. The van der Waals surface area contributed by atoms with Gasteiger partial charge in [-0.25, -0.2) is 0 Å². The fourth-order valence-electron chi connectivity index (χ4n) is 2.83. The maximum atomic E-state index is 13.2. The molecule has 1 aromatic carbocycles. The number of carbonyl (C=O) groups is 1. The molecule has 2 heterocycles. The lowest BCUT2D eigenvalue weighted by atomic mass is 9.98. The maximum absolute atomic E-state index is 13.2. The number of hydrogen-bond donors (Lipinski definition) is 1. The Bertz CT molecular complexity index is 787. The third-order valence-corrected chi connectivity index (χ3v) is 4.01. The van der Waals surface area contributed by atoms with Gasteiger partial charge in [0.2, 0.25) is 0 Å². The van der Waals surface area contributed by atoms with Crippen molar-refractivity contribution in [2.45, 2.75) is 6.18 Å². The highest BCUT2D eigenvalue weighted by molar-refractivity contribution is 5.99. The third-order valence-electron chi connectivity index (χ3n) is 4.01. The number of nitrogens with two attached hydrogens (primary N) is 1. The summed E-state index contributed by atoms with van der Waals surface area (Å²) in [6, 6.07) is 6.60. The van der Waals surface area contributed by atoms with Crippen LogP contribution < -0.4 is 10.6 Å². The number of hydrogen-bond acceptors (Lipinski definition) is 4. The minimum absolute atomic E-state index is 0.0590. The van der Waals surface area contributed by atoms with Crippen LogP contribution in [0.2, 0.25) is 0 Å². The average molecular weight is 351 g/mol. The van der Waals surface area contributed by atoms with Gasteiger partial charge in [0.05, 0.1) is 18.8 Å². The van der Waals surface area contributed by atoms with Crippen molar-refractivity contribution >= 4 is 11.6 Å². The molecule has 0 spiro atoms. The van der Waals surface area contributed by atoms with Gasteiger partial charge in [-0.15, -0.1) is 0 Å². The largest absolute Gasteiger partial charge is 0.416 e. The predicted molar refractivity (Wildman–Crippen MR) is 86.2 cm³/mol. The zero-order chi connectivity index (χ0) is 18.0. The first-order valence-corrected chi connectivity index (χ1v) is 7.67. The van der Waals surface area contributed by atoms with Crippen LogP contribution in [-0.2, 0) is 10.9 Å². The molecular weight excluding hydrogens is 335 g/mol. The maximum Gasteiger partial charge on any atom is 0.416 e. The molecule has 2 N–H and O–H groups in total. The van der Waals surface area contributed by atoms with Crippen LogP contribution in [-0.4, -0.2) is 37.2 Å². The summed E-state index contributed by atoms with van der Waals surface area (Å²) in [4.78, 5) is 17.5. The number of halogens is 3. The average Bonchev–Trinajstić information content (AvgIpc) is 2.61. The van der Waals surface area contributed by atoms with Crippen molar-refractivity contribution in [3.63, 3.8) is 0 Å². The molecule has 0 unspecified atom stereocenters. The number of benzene rings is 1. The molecule has 2 aromatic rings. The lowest BCUT2D eigenvalue weighted by Gasteiger charge is -2.31. The van der Waals surface area contributed by atoms with Gasteiger partial charge in [0.1, 0.15) is 5.69 Å². The number of rotatable bonds is 3. The molecule has 1 aliphatic heterocycles. The van der Waals surface area contributed by atoms with Gasteiger partial charge in [-0.3, -0.25) is 9.78 Å². The molecule has 0 aliphatic carbocycles. The number of primary amides is 1. The van der Waals surface area contributed by atoms with Gasteiger partial charge in [0.15, 0.2) is 0 Å². The summed E-state index contributed by atoms with van der Waals surface area (Å²) in [6.45, 7) is 2.06. The van der Waals surface area contributed by atoms with Gasteiger partial charge in [-0.2, -0.15) is 13.2 Å². The van der Waals surface area contributed by atoms with Crippen molar-refractivity contribution in [2.75, 3.05) is 31.2 Å². The second-order valence-corrected chi connectivity index (χ2v) is 5.59. The van der Waals surface area contributed by atoms with Crippen LogP contribution in [0.3, 0.4) is 0 Å². The highest BCUT2D eigenvalue weighted by Gasteiger charge is 2.32. The molecular formula is C17H16F3N3O2. The summed E-state index contributed by atoms with van der Waals surface area (Å²) >= 11 is 0. The Labute approximate surface area is 142 Å². The fourth-order valence-corrected chi connectivity index (χ4v) is 2.83. The van der Waals surface area contributed by atoms with E-state index >= 15 is 0 Å². The molecule has 132 valence electrons. The van der Waals surface area contributed by atoms with Crippen LogP contribution in [0.15, 0.2) is 36.5 Å². The first-order valence-electron chi connectivity index (χ1n) is 7.67. The van der Waals surface area contributed by atoms with Gasteiger partial charge in [0, 0.05) is 36.1 Å². The Morgan fingerprint density at radius 1 is 1.16 bits per heavy atom. The van der Waals surface area contributed by atoms with Gasteiger partial charge in [0.25, 0.3) is 5.91 Å². The first kappa shape index (κ1) is 17.2. The van der Waals surface area contributed by atoms with E-state index < -0.39 is 17.6 Å². The van der Waals surface area contributed by atoms with Gasteiger partial charge >= 0.3 is 6.18 Å². The Balaban J connectivity index is 2.19. The van der Waals surface area contributed by atoms with Crippen LogP contribution in [0.5, 0.6) is 0 Å². The highest BCUT2D eigenvalue weighted by atomic mass is 19.4. The number of anilines is 1. The van der Waals surface area contributed by atoms with Crippen molar-refractivity contribution in [3.05, 3.63) is 47.8 Å². The summed E-state index contributed by atoms with van der Waals surface area (Å²) in [5.41, 5.74) is 5.64. The molecule has 5 nitrogen and oxygen atoms in total. The Kier molecular flexibility index (Phi) is 4.63. The number of ether oxygens (including phenoxy) is 1. The normalized spacial score (nSPS) is 15.2. The predicted octanol–water partition coefficient (Wildman–Crippen LogP) is 2.70.